The molecule has 1 atom stereocenters. The summed E-state index contributed by atoms with van der Waals surface area (Å²) >= 11 is 0. The summed E-state index contributed by atoms with van der Waals surface area (Å²) in [5, 5.41) is 14.1. The van der Waals surface area contributed by atoms with Gasteiger partial charge in [-0.2, -0.15) is 5.10 Å². The zero-order valence-electron chi connectivity index (χ0n) is 14.0. The van der Waals surface area contributed by atoms with Crippen LogP contribution in [0.2, 0.25) is 0 Å². The Morgan fingerprint density at radius 2 is 2.04 bits per heavy atom. The predicted molar refractivity (Wildman–Crippen MR) is 90.0 cm³/mol. The van der Waals surface area contributed by atoms with Crippen molar-refractivity contribution in [1.29, 1.82) is 0 Å². The Hall–Kier alpha value is -2.96. The molecule has 7 nitrogen and oxygen atoms in total. The van der Waals surface area contributed by atoms with E-state index >= 15 is 0 Å². The third-order valence-corrected chi connectivity index (χ3v) is 4.45. The lowest BCUT2D eigenvalue weighted by Gasteiger charge is -2.16. The zero-order chi connectivity index (χ0) is 17.2. The van der Waals surface area contributed by atoms with Crippen LogP contribution >= 0.6 is 0 Å². The maximum atomic E-state index is 12.8. The number of nitrogens with zero attached hydrogens (tertiary/aromatic N) is 3. The van der Waals surface area contributed by atoms with E-state index in [0.717, 1.165) is 42.6 Å². The minimum Gasteiger partial charge on any atom is -0.360 e. The van der Waals surface area contributed by atoms with Gasteiger partial charge in [-0.15, -0.1) is 0 Å². The summed E-state index contributed by atoms with van der Waals surface area (Å²) in [7, 11) is 0. The monoisotopic (exact) mass is 337 g/mol. The summed E-state index contributed by atoms with van der Waals surface area (Å²) in [4.78, 5) is 17.2. The molecule has 2 aromatic heterocycles. The van der Waals surface area contributed by atoms with Gasteiger partial charge in [0.25, 0.3) is 5.91 Å². The highest BCUT2D eigenvalue weighted by Crippen LogP contribution is 2.25. The van der Waals surface area contributed by atoms with Gasteiger partial charge in [0.2, 0.25) is 0 Å². The van der Waals surface area contributed by atoms with Crippen LogP contribution in [0.15, 0.2) is 34.9 Å². The van der Waals surface area contributed by atoms with Gasteiger partial charge in [0.05, 0.1) is 0 Å². The van der Waals surface area contributed by atoms with Crippen molar-refractivity contribution in [3.63, 3.8) is 0 Å². The number of carbonyl (C=O) groups is 1. The van der Waals surface area contributed by atoms with Crippen molar-refractivity contribution in [3.8, 4) is 0 Å². The Balaban J connectivity index is 1.65. The minimum absolute atomic E-state index is 0.261. The number of rotatable bonds is 4. The van der Waals surface area contributed by atoms with Crippen LogP contribution in [0.4, 0.5) is 0 Å². The van der Waals surface area contributed by atoms with Crippen molar-refractivity contribution in [2.45, 2.75) is 38.6 Å². The summed E-state index contributed by atoms with van der Waals surface area (Å²) in [5.41, 5.74) is 2.22. The first-order chi connectivity index (χ1) is 12.2. The second kappa shape index (κ2) is 6.51. The van der Waals surface area contributed by atoms with Gasteiger partial charge in [-0.25, -0.2) is 4.98 Å². The van der Waals surface area contributed by atoms with Crippen LogP contribution < -0.4 is 5.32 Å². The Labute approximate surface area is 144 Å². The number of aromatic amines is 1. The van der Waals surface area contributed by atoms with E-state index in [4.69, 9.17) is 4.52 Å². The van der Waals surface area contributed by atoms with E-state index in [-0.39, 0.29) is 5.91 Å². The maximum Gasteiger partial charge on any atom is 0.274 e. The largest absolute Gasteiger partial charge is 0.360 e. The molecular weight excluding hydrogens is 318 g/mol. The summed E-state index contributed by atoms with van der Waals surface area (Å²) in [6.07, 6.45) is 3.80. The van der Waals surface area contributed by atoms with Gasteiger partial charge in [0.15, 0.2) is 11.5 Å². The van der Waals surface area contributed by atoms with Crippen LogP contribution in [0.5, 0.6) is 0 Å². The Morgan fingerprint density at radius 3 is 2.80 bits per heavy atom. The fourth-order valence-corrected chi connectivity index (χ4v) is 3.19. The second-order valence-corrected chi connectivity index (χ2v) is 6.24. The van der Waals surface area contributed by atoms with Gasteiger partial charge < -0.3 is 9.84 Å². The van der Waals surface area contributed by atoms with E-state index in [1.54, 1.807) is 0 Å². The van der Waals surface area contributed by atoms with Gasteiger partial charge in [0.1, 0.15) is 17.6 Å². The van der Waals surface area contributed by atoms with Gasteiger partial charge in [0, 0.05) is 12.0 Å². The maximum absolute atomic E-state index is 12.8. The molecule has 0 spiro atoms. The van der Waals surface area contributed by atoms with Crippen LogP contribution in [-0.2, 0) is 12.8 Å². The van der Waals surface area contributed by atoms with E-state index in [0.29, 0.717) is 17.3 Å². The normalized spacial score (nSPS) is 14.8. The molecule has 0 bridgehead atoms. The highest BCUT2D eigenvalue weighted by Gasteiger charge is 2.27. The molecule has 0 fully saturated rings. The zero-order valence-corrected chi connectivity index (χ0v) is 14.0. The molecule has 3 aromatic rings. The minimum atomic E-state index is -0.449. The van der Waals surface area contributed by atoms with Gasteiger partial charge in [-0.3, -0.25) is 9.89 Å². The first-order valence-corrected chi connectivity index (χ1v) is 8.44. The Bertz CT molecular complexity index is 884. The highest BCUT2D eigenvalue weighted by atomic mass is 16.5. The molecule has 4 rings (SSSR count). The lowest BCUT2D eigenvalue weighted by atomic mass is 9.96. The molecule has 1 aliphatic carbocycles. The number of amides is 1. The lowest BCUT2D eigenvalue weighted by Crippen LogP contribution is -2.31. The number of benzene rings is 1. The summed E-state index contributed by atoms with van der Waals surface area (Å²) < 4.78 is 5.36. The fourth-order valence-electron chi connectivity index (χ4n) is 3.19. The fraction of sp³-hybridized carbons (Fsp3) is 0.333. The number of H-pyrrole nitrogens is 1. The summed E-state index contributed by atoms with van der Waals surface area (Å²) in [6, 6.07) is 9.20. The average Bonchev–Trinajstić information content (AvgIpc) is 3.26. The predicted octanol–water partition coefficient (Wildman–Crippen LogP) is 2.50. The van der Waals surface area contributed by atoms with Crippen LogP contribution in [0.3, 0.4) is 0 Å². The van der Waals surface area contributed by atoms with Crippen molar-refractivity contribution >= 4 is 5.91 Å². The number of carbonyl (C=O) groups excluding carboxylic acids is 1. The van der Waals surface area contributed by atoms with Gasteiger partial charge in [-0.05, 0) is 31.7 Å². The molecule has 0 radical (unpaired) electrons. The third kappa shape index (κ3) is 3.05. The summed E-state index contributed by atoms with van der Waals surface area (Å²) in [6.45, 7) is 1.83. The SMILES string of the molecule is Cc1nc(C(NC(=O)c2noc3c2CCCC3)c2ccccc2)n[nH]1. The smallest absolute Gasteiger partial charge is 0.274 e. The van der Waals surface area contributed by atoms with E-state index in [1.807, 2.05) is 37.3 Å². The highest BCUT2D eigenvalue weighted by molar-refractivity contribution is 5.94. The van der Waals surface area contributed by atoms with E-state index in [2.05, 4.69) is 25.7 Å². The van der Waals surface area contributed by atoms with Gasteiger partial charge >= 0.3 is 0 Å². The number of hydrogen-bond acceptors (Lipinski definition) is 5. The second-order valence-electron chi connectivity index (χ2n) is 6.24. The van der Waals surface area contributed by atoms with Crippen molar-refractivity contribution in [2.24, 2.45) is 0 Å². The molecule has 1 aliphatic rings. The first kappa shape index (κ1) is 15.6. The number of aryl methyl sites for hydroxylation is 2. The third-order valence-electron chi connectivity index (χ3n) is 4.45. The number of hydrogen-bond donors (Lipinski definition) is 2. The molecule has 0 saturated carbocycles. The Kier molecular flexibility index (Phi) is 4.05. The molecular formula is C18H19N5O2. The number of nitrogens with one attached hydrogen (secondary N) is 2. The lowest BCUT2D eigenvalue weighted by molar-refractivity contribution is 0.0931. The standard InChI is InChI=1S/C18H19N5O2/c1-11-19-17(22-21-11)15(12-7-3-2-4-8-12)20-18(24)16-13-9-5-6-10-14(13)25-23-16/h2-4,7-8,15H,5-6,9-10H2,1H3,(H,20,24)(H,19,21,22). The molecule has 1 aromatic carbocycles. The van der Waals surface area contributed by atoms with Crippen molar-refractivity contribution < 1.29 is 9.32 Å². The van der Waals surface area contributed by atoms with Crippen LogP contribution in [-0.4, -0.2) is 26.2 Å². The molecule has 1 amide bonds. The topological polar surface area (TPSA) is 96.7 Å². The molecule has 1 unspecified atom stereocenters. The quantitative estimate of drug-likeness (QED) is 0.762. The molecule has 128 valence electrons. The molecule has 25 heavy (non-hydrogen) atoms. The molecule has 2 N–H and O–H groups in total. The van der Waals surface area contributed by atoms with Crippen molar-refractivity contribution in [2.75, 3.05) is 0 Å². The van der Waals surface area contributed by atoms with Gasteiger partial charge in [-0.1, -0.05) is 35.5 Å². The summed E-state index contributed by atoms with van der Waals surface area (Å²) in [5.74, 6) is 1.79. The molecule has 2 heterocycles. The number of aromatic nitrogens is 4. The van der Waals surface area contributed by atoms with Crippen molar-refractivity contribution in [3.05, 3.63) is 64.6 Å². The van der Waals surface area contributed by atoms with E-state index < -0.39 is 6.04 Å². The van der Waals surface area contributed by atoms with Crippen molar-refractivity contribution in [1.82, 2.24) is 25.7 Å². The van der Waals surface area contributed by atoms with Crippen LogP contribution in [0.1, 0.15) is 57.9 Å². The first-order valence-electron chi connectivity index (χ1n) is 8.44. The Morgan fingerprint density at radius 1 is 1.24 bits per heavy atom. The van der Waals surface area contributed by atoms with Crippen LogP contribution in [0, 0.1) is 6.92 Å². The molecule has 0 aliphatic heterocycles. The van der Waals surface area contributed by atoms with Crippen LogP contribution in [0.25, 0.3) is 0 Å². The van der Waals surface area contributed by atoms with E-state index in [9.17, 15) is 4.79 Å². The number of fused-ring (bicyclic) bond motifs is 1. The molecule has 7 heteroatoms. The average molecular weight is 337 g/mol. The van der Waals surface area contributed by atoms with E-state index in [1.165, 1.54) is 0 Å². The molecule has 0 saturated heterocycles.